The molecule has 2 aromatic rings. The van der Waals surface area contributed by atoms with E-state index in [2.05, 4.69) is 9.97 Å². The van der Waals surface area contributed by atoms with Crippen LogP contribution >= 0.6 is 11.3 Å². The molecule has 0 saturated carbocycles. The monoisotopic (exact) mass is 210 g/mol. The van der Waals surface area contributed by atoms with Gasteiger partial charge in [-0.2, -0.15) is 0 Å². The molecule has 0 atom stereocenters. The van der Waals surface area contributed by atoms with E-state index in [0.29, 0.717) is 26.9 Å². The highest BCUT2D eigenvalue weighted by molar-refractivity contribution is 7.20. The van der Waals surface area contributed by atoms with Crippen LogP contribution in [0.5, 0.6) is 0 Å². The Labute approximate surface area is 81.4 Å². The molecule has 0 saturated heterocycles. The van der Waals surface area contributed by atoms with E-state index in [-0.39, 0.29) is 0 Å². The molecule has 2 N–H and O–H groups in total. The third-order valence-corrected chi connectivity index (χ3v) is 3.10. The average Bonchev–Trinajstić information content (AvgIpc) is 2.42. The summed E-state index contributed by atoms with van der Waals surface area (Å²) in [4.78, 5) is 38.4. The van der Waals surface area contributed by atoms with Crippen LogP contribution in [0.1, 0.15) is 15.2 Å². The van der Waals surface area contributed by atoms with Gasteiger partial charge in [-0.3, -0.25) is 19.6 Å². The third kappa shape index (κ3) is 1.12. The van der Waals surface area contributed by atoms with Gasteiger partial charge in [0.2, 0.25) is 0 Å². The molecule has 72 valence electrons. The second-order valence-corrected chi connectivity index (χ2v) is 3.87. The van der Waals surface area contributed by atoms with Crippen molar-refractivity contribution >= 4 is 27.8 Å². The molecular weight excluding hydrogens is 204 g/mol. The van der Waals surface area contributed by atoms with E-state index in [1.54, 1.807) is 6.92 Å². The van der Waals surface area contributed by atoms with Crippen LogP contribution in [-0.4, -0.2) is 16.3 Å². The lowest BCUT2D eigenvalue weighted by Gasteiger charge is -1.88. The summed E-state index contributed by atoms with van der Waals surface area (Å²) in [6, 6.07) is 0. The van der Waals surface area contributed by atoms with Gasteiger partial charge in [-0.05, 0) is 12.5 Å². The lowest BCUT2D eigenvalue weighted by molar-refractivity contribution is 0.112. The first-order chi connectivity index (χ1) is 6.63. The van der Waals surface area contributed by atoms with Gasteiger partial charge in [0.1, 0.15) is 4.83 Å². The van der Waals surface area contributed by atoms with Gasteiger partial charge < -0.3 is 0 Å². The highest BCUT2D eigenvalue weighted by Gasteiger charge is 2.11. The van der Waals surface area contributed by atoms with E-state index < -0.39 is 11.2 Å². The minimum absolute atomic E-state index is 0.386. The van der Waals surface area contributed by atoms with Gasteiger partial charge in [0.05, 0.1) is 10.3 Å². The van der Waals surface area contributed by atoms with E-state index in [9.17, 15) is 14.4 Å². The number of aromatic amines is 2. The van der Waals surface area contributed by atoms with Crippen LogP contribution in [0.15, 0.2) is 9.59 Å². The average molecular weight is 210 g/mol. The Bertz CT molecular complexity index is 620. The van der Waals surface area contributed by atoms with Crippen molar-refractivity contribution in [2.24, 2.45) is 0 Å². The number of hydrogen-bond acceptors (Lipinski definition) is 4. The van der Waals surface area contributed by atoms with E-state index in [1.165, 1.54) is 0 Å². The number of carbonyl (C=O) groups excluding carboxylic acids is 1. The minimum Gasteiger partial charge on any atom is -0.298 e. The number of aldehydes is 1. The molecule has 0 unspecified atom stereocenters. The molecule has 6 heteroatoms. The first kappa shape index (κ1) is 8.89. The molecule has 0 spiro atoms. The predicted molar refractivity (Wildman–Crippen MR) is 53.2 cm³/mol. The van der Waals surface area contributed by atoms with Crippen LogP contribution < -0.4 is 11.2 Å². The van der Waals surface area contributed by atoms with E-state index in [1.807, 2.05) is 0 Å². The van der Waals surface area contributed by atoms with Crippen LogP contribution in [0.2, 0.25) is 0 Å². The first-order valence-electron chi connectivity index (χ1n) is 3.84. The number of aryl methyl sites for hydroxylation is 1. The largest absolute Gasteiger partial charge is 0.326 e. The Kier molecular flexibility index (Phi) is 1.85. The molecule has 14 heavy (non-hydrogen) atoms. The minimum atomic E-state index is -0.554. The summed E-state index contributed by atoms with van der Waals surface area (Å²) in [5.41, 5.74) is -0.399. The van der Waals surface area contributed by atoms with Crippen LogP contribution in [0.3, 0.4) is 0 Å². The van der Waals surface area contributed by atoms with Crippen molar-refractivity contribution in [3.8, 4) is 0 Å². The van der Waals surface area contributed by atoms with Crippen LogP contribution in [-0.2, 0) is 0 Å². The Balaban J connectivity index is 3.07. The van der Waals surface area contributed by atoms with Crippen molar-refractivity contribution in [3.63, 3.8) is 0 Å². The highest BCUT2D eigenvalue weighted by atomic mass is 32.1. The predicted octanol–water partition coefficient (Wildman–Crippen LogP) is 0.399. The number of hydrogen-bond donors (Lipinski definition) is 2. The molecule has 2 heterocycles. The molecule has 0 bridgehead atoms. The Morgan fingerprint density at radius 2 is 2.00 bits per heavy atom. The Morgan fingerprint density at radius 1 is 1.29 bits per heavy atom. The van der Waals surface area contributed by atoms with Gasteiger partial charge in [0.25, 0.3) is 5.56 Å². The van der Waals surface area contributed by atoms with E-state index in [0.717, 1.165) is 11.3 Å². The van der Waals surface area contributed by atoms with Crippen molar-refractivity contribution in [3.05, 3.63) is 31.3 Å². The fourth-order valence-corrected chi connectivity index (χ4v) is 2.32. The number of nitrogens with one attached hydrogen (secondary N) is 2. The van der Waals surface area contributed by atoms with Gasteiger partial charge >= 0.3 is 5.69 Å². The topological polar surface area (TPSA) is 82.8 Å². The van der Waals surface area contributed by atoms with Gasteiger partial charge in [-0.1, -0.05) is 0 Å². The smallest absolute Gasteiger partial charge is 0.298 e. The number of rotatable bonds is 1. The molecular formula is C8H6N2O3S. The lowest BCUT2D eigenvalue weighted by Crippen LogP contribution is -2.21. The first-order valence-corrected chi connectivity index (χ1v) is 4.66. The maximum atomic E-state index is 11.4. The molecule has 0 aliphatic carbocycles. The normalized spacial score (nSPS) is 10.6. The summed E-state index contributed by atoms with van der Waals surface area (Å²) in [6.45, 7) is 1.68. The zero-order valence-corrected chi connectivity index (χ0v) is 8.03. The fraction of sp³-hybridized carbons (Fsp3) is 0.125. The van der Waals surface area contributed by atoms with E-state index in [4.69, 9.17) is 0 Å². The van der Waals surface area contributed by atoms with E-state index >= 15 is 0 Å². The van der Waals surface area contributed by atoms with Crippen molar-refractivity contribution in [2.45, 2.75) is 6.92 Å². The van der Waals surface area contributed by atoms with Gasteiger partial charge in [0, 0.05) is 0 Å². The van der Waals surface area contributed by atoms with Crippen LogP contribution in [0, 0.1) is 6.92 Å². The molecule has 0 fully saturated rings. The zero-order valence-electron chi connectivity index (χ0n) is 7.21. The number of aromatic nitrogens is 2. The zero-order chi connectivity index (χ0) is 10.3. The summed E-state index contributed by atoms with van der Waals surface area (Å²) in [6.07, 6.45) is 0.678. The molecule has 2 rings (SSSR count). The molecule has 0 radical (unpaired) electrons. The van der Waals surface area contributed by atoms with Gasteiger partial charge in [0.15, 0.2) is 6.29 Å². The number of thiophene rings is 1. The summed E-state index contributed by atoms with van der Waals surface area (Å²) in [5, 5.41) is 0.386. The molecule has 0 amide bonds. The SMILES string of the molecule is Cc1c(C=O)sc2[nH]c(=O)[nH]c(=O)c12. The summed E-state index contributed by atoms with van der Waals surface area (Å²) < 4.78 is 0. The summed E-state index contributed by atoms with van der Waals surface area (Å²) >= 11 is 1.11. The maximum absolute atomic E-state index is 11.4. The second kappa shape index (κ2) is 2.91. The number of fused-ring (bicyclic) bond motifs is 1. The molecule has 0 aliphatic heterocycles. The van der Waals surface area contributed by atoms with Gasteiger partial charge in [-0.15, -0.1) is 11.3 Å². The van der Waals surface area contributed by atoms with Gasteiger partial charge in [-0.25, -0.2) is 4.79 Å². The van der Waals surface area contributed by atoms with Crippen molar-refractivity contribution in [1.82, 2.24) is 9.97 Å². The number of H-pyrrole nitrogens is 2. The third-order valence-electron chi connectivity index (χ3n) is 1.97. The molecule has 5 nitrogen and oxygen atoms in total. The second-order valence-electron chi connectivity index (χ2n) is 2.82. The number of carbonyl (C=O) groups is 1. The standard InChI is InChI=1S/C8H6N2O3S/c1-3-4(2-11)14-7-5(3)6(12)9-8(13)10-7/h2H,1H3,(H2,9,10,12,13). The highest BCUT2D eigenvalue weighted by Crippen LogP contribution is 2.23. The molecule has 2 aromatic heterocycles. The maximum Gasteiger partial charge on any atom is 0.326 e. The lowest BCUT2D eigenvalue weighted by atomic mass is 10.2. The molecule has 0 aliphatic rings. The van der Waals surface area contributed by atoms with Crippen molar-refractivity contribution < 1.29 is 4.79 Å². The summed E-state index contributed by atoms with van der Waals surface area (Å²) in [7, 11) is 0. The Morgan fingerprint density at radius 3 is 2.64 bits per heavy atom. The van der Waals surface area contributed by atoms with Crippen LogP contribution in [0.25, 0.3) is 10.2 Å². The summed E-state index contributed by atoms with van der Waals surface area (Å²) in [5.74, 6) is 0. The fourth-order valence-electron chi connectivity index (χ4n) is 1.30. The quantitative estimate of drug-likeness (QED) is 0.668. The van der Waals surface area contributed by atoms with Crippen LogP contribution in [0.4, 0.5) is 0 Å². The van der Waals surface area contributed by atoms with Crippen molar-refractivity contribution in [1.29, 1.82) is 0 Å². The van der Waals surface area contributed by atoms with Crippen molar-refractivity contribution in [2.75, 3.05) is 0 Å². The Hall–Kier alpha value is -1.69. The molecule has 0 aromatic carbocycles.